The predicted molar refractivity (Wildman–Crippen MR) is 107 cm³/mol. The molecule has 1 aliphatic heterocycles. The van der Waals surface area contributed by atoms with Gasteiger partial charge in [-0.3, -0.25) is 14.7 Å². The number of likely N-dealkylation sites (tertiary alicyclic amines) is 1. The molecule has 0 atom stereocenters. The van der Waals surface area contributed by atoms with Gasteiger partial charge in [-0.2, -0.15) is 0 Å². The Hall–Kier alpha value is -2.47. The van der Waals surface area contributed by atoms with Crippen LogP contribution in [0, 0.1) is 5.92 Å². The van der Waals surface area contributed by atoms with Crippen molar-refractivity contribution in [2.45, 2.75) is 38.3 Å². The van der Waals surface area contributed by atoms with Crippen molar-refractivity contribution in [2.24, 2.45) is 5.92 Å². The lowest BCUT2D eigenvalue weighted by Gasteiger charge is -2.37. The molecule has 6 heteroatoms. The van der Waals surface area contributed by atoms with Gasteiger partial charge in [0, 0.05) is 32.5 Å². The lowest BCUT2D eigenvalue weighted by Crippen LogP contribution is -2.42. The molecule has 1 aliphatic carbocycles. The van der Waals surface area contributed by atoms with Crippen molar-refractivity contribution in [1.29, 1.82) is 0 Å². The Morgan fingerprint density at radius 1 is 1.18 bits per heavy atom. The van der Waals surface area contributed by atoms with Crippen molar-refractivity contribution in [2.75, 3.05) is 26.7 Å². The highest BCUT2D eigenvalue weighted by Gasteiger charge is 2.32. The van der Waals surface area contributed by atoms with Crippen LogP contribution in [0.25, 0.3) is 0 Å². The molecule has 2 aromatic rings. The summed E-state index contributed by atoms with van der Waals surface area (Å²) in [5.74, 6) is 1.34. The molecule has 1 aromatic carbocycles. The number of aromatic nitrogens is 2. The number of nitrogens with zero attached hydrogens (tertiary/aromatic N) is 4. The summed E-state index contributed by atoms with van der Waals surface area (Å²) >= 11 is 0. The average Bonchev–Trinajstić information content (AvgIpc) is 3.20. The van der Waals surface area contributed by atoms with Gasteiger partial charge in [0.05, 0.1) is 12.3 Å². The molecule has 148 valence electrons. The topological polar surface area (TPSA) is 58.6 Å². The molecule has 0 radical (unpaired) electrons. The molecular weight excluding hydrogens is 352 g/mol. The Kier molecular flexibility index (Phi) is 5.86. The first-order valence-corrected chi connectivity index (χ1v) is 10.2. The number of hydrogen-bond acceptors (Lipinski definition) is 5. The van der Waals surface area contributed by atoms with Crippen LogP contribution in [0.5, 0.6) is 5.75 Å². The molecule has 2 heterocycles. The lowest BCUT2D eigenvalue weighted by atomic mass is 9.82. The van der Waals surface area contributed by atoms with Gasteiger partial charge in [-0.05, 0) is 62.4 Å². The maximum Gasteiger partial charge on any atom is 0.273 e. The second-order valence-electron chi connectivity index (χ2n) is 7.98. The number of carbonyl (C=O) groups excluding carboxylic acids is 1. The maximum atomic E-state index is 12.3. The molecular formula is C22H28N4O2. The fourth-order valence-corrected chi connectivity index (χ4v) is 4.06. The van der Waals surface area contributed by atoms with Crippen LogP contribution in [0.3, 0.4) is 0 Å². The number of ether oxygens (including phenoxy) is 1. The van der Waals surface area contributed by atoms with E-state index in [0.29, 0.717) is 11.6 Å². The van der Waals surface area contributed by atoms with E-state index in [9.17, 15) is 4.79 Å². The van der Waals surface area contributed by atoms with Gasteiger partial charge in [-0.1, -0.05) is 12.1 Å². The first-order chi connectivity index (χ1) is 13.7. The highest BCUT2D eigenvalue weighted by Crippen LogP contribution is 2.32. The minimum atomic E-state index is -0.0777. The summed E-state index contributed by atoms with van der Waals surface area (Å²) in [5.41, 5.74) is 1.75. The van der Waals surface area contributed by atoms with E-state index in [1.54, 1.807) is 17.3 Å². The third kappa shape index (κ3) is 4.68. The van der Waals surface area contributed by atoms with E-state index in [1.807, 2.05) is 7.05 Å². The van der Waals surface area contributed by atoms with Crippen molar-refractivity contribution in [3.63, 3.8) is 0 Å². The molecule has 1 aromatic heterocycles. The zero-order valence-electron chi connectivity index (χ0n) is 16.5. The first-order valence-electron chi connectivity index (χ1n) is 10.2. The summed E-state index contributed by atoms with van der Waals surface area (Å²) in [7, 11) is 1.82. The summed E-state index contributed by atoms with van der Waals surface area (Å²) in [4.78, 5) is 24.6. The second kappa shape index (κ2) is 8.69. The zero-order valence-corrected chi connectivity index (χ0v) is 16.5. The van der Waals surface area contributed by atoms with E-state index in [-0.39, 0.29) is 12.0 Å². The molecule has 0 unspecified atom stereocenters. The van der Waals surface area contributed by atoms with Crippen molar-refractivity contribution in [3.05, 3.63) is 54.1 Å². The highest BCUT2D eigenvalue weighted by atomic mass is 16.5. The molecule has 2 aliphatic rings. The normalized spacial score (nSPS) is 21.9. The minimum Gasteiger partial charge on any atom is -0.490 e. The summed E-state index contributed by atoms with van der Waals surface area (Å²) < 4.78 is 6.09. The van der Waals surface area contributed by atoms with Crippen molar-refractivity contribution < 1.29 is 9.53 Å². The maximum absolute atomic E-state index is 12.3. The smallest absolute Gasteiger partial charge is 0.273 e. The molecule has 0 spiro atoms. The SMILES string of the molecule is CN(CC1CC(Oc2ccc(CN3CCCC3)cc2)C1)C(=O)c1cnccn1. The molecule has 1 saturated carbocycles. The molecule has 0 bridgehead atoms. The van der Waals surface area contributed by atoms with Crippen molar-refractivity contribution in [3.8, 4) is 5.75 Å². The molecule has 2 fully saturated rings. The van der Waals surface area contributed by atoms with Crippen LogP contribution in [-0.2, 0) is 6.54 Å². The van der Waals surface area contributed by atoms with Gasteiger partial charge in [-0.25, -0.2) is 4.98 Å². The Morgan fingerprint density at radius 3 is 2.61 bits per heavy atom. The van der Waals surface area contributed by atoms with Crippen LogP contribution in [0.2, 0.25) is 0 Å². The van der Waals surface area contributed by atoms with Crippen LogP contribution in [0.15, 0.2) is 42.9 Å². The van der Waals surface area contributed by atoms with E-state index in [0.717, 1.165) is 31.7 Å². The number of rotatable bonds is 7. The standard InChI is InChI=1S/C22H28N4O2/c1-25(22(27)21-14-23-8-9-24-21)15-18-12-20(13-18)28-19-6-4-17(5-7-19)16-26-10-2-3-11-26/h4-9,14,18,20H,2-3,10-13,15-16H2,1H3. The van der Waals surface area contributed by atoms with Crippen LogP contribution in [0.1, 0.15) is 41.7 Å². The third-order valence-electron chi connectivity index (χ3n) is 5.68. The van der Waals surface area contributed by atoms with Crippen LogP contribution in [0.4, 0.5) is 0 Å². The van der Waals surface area contributed by atoms with Crippen LogP contribution < -0.4 is 4.74 Å². The van der Waals surface area contributed by atoms with Crippen molar-refractivity contribution >= 4 is 5.91 Å². The summed E-state index contributed by atoms with van der Waals surface area (Å²) in [5, 5.41) is 0. The molecule has 28 heavy (non-hydrogen) atoms. The second-order valence-corrected chi connectivity index (χ2v) is 7.98. The largest absolute Gasteiger partial charge is 0.490 e. The Morgan fingerprint density at radius 2 is 1.93 bits per heavy atom. The van der Waals surface area contributed by atoms with Crippen LogP contribution in [-0.4, -0.2) is 58.5 Å². The summed E-state index contributed by atoms with van der Waals surface area (Å²) in [6.45, 7) is 4.20. The fraction of sp³-hybridized carbons (Fsp3) is 0.500. The third-order valence-corrected chi connectivity index (χ3v) is 5.68. The molecule has 1 saturated heterocycles. The predicted octanol–water partition coefficient (Wildman–Crippen LogP) is 3.00. The lowest BCUT2D eigenvalue weighted by molar-refractivity contribution is 0.0416. The van der Waals surface area contributed by atoms with Gasteiger partial charge >= 0.3 is 0 Å². The van der Waals surface area contributed by atoms with Gasteiger partial charge in [-0.15, -0.1) is 0 Å². The average molecular weight is 380 g/mol. The van der Waals surface area contributed by atoms with Gasteiger partial charge in [0.1, 0.15) is 11.4 Å². The fourth-order valence-electron chi connectivity index (χ4n) is 4.06. The minimum absolute atomic E-state index is 0.0777. The number of amides is 1. The molecule has 1 amide bonds. The quantitative estimate of drug-likeness (QED) is 0.739. The van der Waals surface area contributed by atoms with E-state index in [1.165, 1.54) is 37.7 Å². The van der Waals surface area contributed by atoms with E-state index < -0.39 is 0 Å². The first kappa shape index (κ1) is 18.9. The van der Waals surface area contributed by atoms with Crippen LogP contribution >= 0.6 is 0 Å². The van der Waals surface area contributed by atoms with E-state index >= 15 is 0 Å². The van der Waals surface area contributed by atoms with E-state index in [4.69, 9.17) is 4.74 Å². The Labute approximate surface area is 166 Å². The zero-order chi connectivity index (χ0) is 19.3. The van der Waals surface area contributed by atoms with Gasteiger partial charge in [0.15, 0.2) is 0 Å². The molecule has 0 N–H and O–H groups in total. The number of hydrogen-bond donors (Lipinski definition) is 0. The van der Waals surface area contributed by atoms with E-state index in [2.05, 4.69) is 39.1 Å². The number of benzene rings is 1. The van der Waals surface area contributed by atoms with Gasteiger partial charge in [0.2, 0.25) is 0 Å². The summed E-state index contributed by atoms with van der Waals surface area (Å²) in [6, 6.07) is 8.53. The Bertz CT molecular complexity index is 769. The van der Waals surface area contributed by atoms with Gasteiger partial charge < -0.3 is 9.64 Å². The molecule has 6 nitrogen and oxygen atoms in total. The monoisotopic (exact) mass is 380 g/mol. The number of carbonyl (C=O) groups is 1. The van der Waals surface area contributed by atoms with Gasteiger partial charge in [0.25, 0.3) is 5.91 Å². The van der Waals surface area contributed by atoms with Crippen molar-refractivity contribution in [1.82, 2.24) is 19.8 Å². The Balaban J connectivity index is 1.19. The highest BCUT2D eigenvalue weighted by molar-refractivity contribution is 5.91. The summed E-state index contributed by atoms with van der Waals surface area (Å²) in [6.07, 6.45) is 9.48. The molecule has 4 rings (SSSR count).